The summed E-state index contributed by atoms with van der Waals surface area (Å²) in [7, 11) is 0. The van der Waals surface area contributed by atoms with E-state index < -0.39 is 5.97 Å². The lowest BCUT2D eigenvalue weighted by Crippen LogP contribution is -2.51. The molecule has 0 radical (unpaired) electrons. The fraction of sp³-hybridized carbons (Fsp3) is 0.750. The molecule has 0 aromatic carbocycles. The van der Waals surface area contributed by atoms with E-state index in [4.69, 9.17) is 17.3 Å². The minimum atomic E-state index is -0.733. The van der Waals surface area contributed by atoms with Crippen molar-refractivity contribution in [3.63, 3.8) is 0 Å². The van der Waals surface area contributed by atoms with Crippen molar-refractivity contribution in [2.75, 3.05) is 6.54 Å². The molecule has 1 unspecified atom stereocenters. The van der Waals surface area contributed by atoms with Crippen LogP contribution in [0.2, 0.25) is 0 Å². The molecule has 0 aromatic heterocycles. The maximum Gasteiger partial charge on any atom is 0.303 e. The molecule has 0 aliphatic heterocycles. The number of aliphatic carboxylic acids is 1. The highest BCUT2D eigenvalue weighted by molar-refractivity contribution is 5.68. The predicted octanol–water partition coefficient (Wildman–Crippen LogP) is 1.09. The van der Waals surface area contributed by atoms with Crippen LogP contribution < -0.4 is 5.73 Å². The summed E-state index contributed by atoms with van der Waals surface area (Å²) in [6.07, 6.45) is 8.64. The fourth-order valence-electron chi connectivity index (χ4n) is 3.56. The highest BCUT2D eigenvalue weighted by Crippen LogP contribution is 2.61. The Kier molecular flexibility index (Phi) is 2.47. The Bertz CT molecular complexity index is 320. The molecule has 15 heavy (non-hydrogen) atoms. The van der Waals surface area contributed by atoms with Crippen LogP contribution in [0.1, 0.15) is 25.7 Å². The van der Waals surface area contributed by atoms with Crippen molar-refractivity contribution in [2.45, 2.75) is 25.7 Å². The van der Waals surface area contributed by atoms with Gasteiger partial charge in [0, 0.05) is 5.92 Å². The maximum absolute atomic E-state index is 10.8. The Hall–Kier alpha value is -1.01. The van der Waals surface area contributed by atoms with Crippen LogP contribution in [0.5, 0.6) is 0 Å². The molecule has 0 saturated heterocycles. The van der Waals surface area contributed by atoms with E-state index in [0.29, 0.717) is 24.3 Å². The van der Waals surface area contributed by atoms with Gasteiger partial charge in [-0.2, -0.15) is 0 Å². The van der Waals surface area contributed by atoms with E-state index in [2.05, 4.69) is 5.92 Å². The van der Waals surface area contributed by atoms with E-state index in [1.165, 1.54) is 0 Å². The molecule has 0 amide bonds. The first-order chi connectivity index (χ1) is 7.11. The van der Waals surface area contributed by atoms with Crippen molar-refractivity contribution in [3.8, 4) is 12.3 Å². The fourth-order valence-corrected chi connectivity index (χ4v) is 3.56. The van der Waals surface area contributed by atoms with E-state index in [0.717, 1.165) is 19.3 Å². The summed E-state index contributed by atoms with van der Waals surface area (Å²) in [5.41, 5.74) is 5.59. The molecule has 2 aliphatic carbocycles. The minimum Gasteiger partial charge on any atom is -0.481 e. The Morgan fingerprint density at radius 3 is 2.87 bits per heavy atom. The van der Waals surface area contributed by atoms with Gasteiger partial charge in [0.05, 0.1) is 6.42 Å². The predicted molar refractivity (Wildman–Crippen MR) is 56.9 cm³/mol. The van der Waals surface area contributed by atoms with Gasteiger partial charge in [-0.3, -0.25) is 4.79 Å². The zero-order chi connectivity index (χ0) is 11.1. The largest absolute Gasteiger partial charge is 0.481 e. The third kappa shape index (κ3) is 1.53. The maximum atomic E-state index is 10.8. The van der Waals surface area contributed by atoms with Crippen LogP contribution in [0.15, 0.2) is 0 Å². The highest BCUT2D eigenvalue weighted by atomic mass is 16.4. The molecule has 2 aliphatic rings. The van der Waals surface area contributed by atoms with E-state index in [1.807, 2.05) is 0 Å². The number of terminal acetylenes is 1. The van der Waals surface area contributed by atoms with Gasteiger partial charge in [0.2, 0.25) is 0 Å². The van der Waals surface area contributed by atoms with Crippen LogP contribution in [0.3, 0.4) is 0 Å². The number of carboxylic acid groups (broad SMARTS) is 1. The molecule has 2 rings (SSSR count). The lowest BCUT2D eigenvalue weighted by atomic mass is 9.53. The average Bonchev–Trinajstić information content (AvgIpc) is 2.53. The van der Waals surface area contributed by atoms with Gasteiger partial charge in [0.25, 0.3) is 0 Å². The van der Waals surface area contributed by atoms with Crippen LogP contribution in [0.25, 0.3) is 0 Å². The lowest BCUT2D eigenvalue weighted by molar-refractivity contribution is -0.145. The molecule has 2 fully saturated rings. The Labute approximate surface area is 90.0 Å². The zero-order valence-electron chi connectivity index (χ0n) is 8.78. The van der Waals surface area contributed by atoms with Crippen LogP contribution >= 0.6 is 0 Å². The third-order valence-corrected chi connectivity index (χ3v) is 4.30. The van der Waals surface area contributed by atoms with Crippen molar-refractivity contribution in [3.05, 3.63) is 0 Å². The van der Waals surface area contributed by atoms with Gasteiger partial charge in [0.15, 0.2) is 0 Å². The summed E-state index contributed by atoms with van der Waals surface area (Å²) in [5.74, 6) is 3.50. The second-order valence-electron chi connectivity index (χ2n) is 5.04. The Morgan fingerprint density at radius 2 is 2.33 bits per heavy atom. The second-order valence-corrected chi connectivity index (χ2v) is 5.04. The first kappa shape index (κ1) is 10.5. The highest BCUT2D eigenvalue weighted by Gasteiger charge is 2.57. The summed E-state index contributed by atoms with van der Waals surface area (Å²) < 4.78 is 0. The lowest BCUT2D eigenvalue weighted by Gasteiger charge is -2.51. The SMILES string of the molecule is C#CC1C[C@@H]2C[C@](CN)(CC(=O)O)[C@@H]2C1. The summed E-state index contributed by atoms with van der Waals surface area (Å²) in [4.78, 5) is 10.8. The number of carbonyl (C=O) groups is 1. The molecular formula is C12H17NO2. The Morgan fingerprint density at radius 1 is 1.60 bits per heavy atom. The third-order valence-electron chi connectivity index (χ3n) is 4.30. The molecule has 82 valence electrons. The molecule has 2 saturated carbocycles. The standard InChI is InChI=1S/C12H17NO2/c1-2-8-3-9-5-12(7-13,6-11(14)15)10(9)4-8/h1,8-10H,3-7,13H2,(H,14,15)/t8?,9-,10-,12-/m1/s1. The van der Waals surface area contributed by atoms with Gasteiger partial charge in [-0.25, -0.2) is 0 Å². The summed E-state index contributed by atoms with van der Waals surface area (Å²) in [5, 5.41) is 8.89. The van der Waals surface area contributed by atoms with Crippen molar-refractivity contribution in [2.24, 2.45) is 28.9 Å². The molecule has 0 heterocycles. The van der Waals surface area contributed by atoms with Crippen molar-refractivity contribution >= 4 is 5.97 Å². The van der Waals surface area contributed by atoms with Crippen LogP contribution in [0, 0.1) is 35.5 Å². The average molecular weight is 207 g/mol. The van der Waals surface area contributed by atoms with Gasteiger partial charge in [-0.1, -0.05) is 0 Å². The summed E-state index contributed by atoms with van der Waals surface area (Å²) in [6, 6.07) is 0. The number of carboxylic acids is 1. The smallest absolute Gasteiger partial charge is 0.303 e. The van der Waals surface area contributed by atoms with Crippen LogP contribution in [-0.4, -0.2) is 17.6 Å². The molecule has 3 N–H and O–H groups in total. The van der Waals surface area contributed by atoms with Gasteiger partial charge >= 0.3 is 5.97 Å². The number of nitrogens with two attached hydrogens (primary N) is 1. The molecular weight excluding hydrogens is 190 g/mol. The minimum absolute atomic E-state index is 0.151. The van der Waals surface area contributed by atoms with Crippen LogP contribution in [-0.2, 0) is 4.79 Å². The molecule has 0 spiro atoms. The first-order valence-corrected chi connectivity index (χ1v) is 5.49. The van der Waals surface area contributed by atoms with Gasteiger partial charge in [-0.05, 0) is 43.1 Å². The summed E-state index contributed by atoms with van der Waals surface area (Å²) >= 11 is 0. The van der Waals surface area contributed by atoms with Crippen molar-refractivity contribution in [1.29, 1.82) is 0 Å². The molecule has 3 heteroatoms. The number of rotatable bonds is 3. The van der Waals surface area contributed by atoms with Crippen molar-refractivity contribution < 1.29 is 9.90 Å². The van der Waals surface area contributed by atoms with Gasteiger partial charge in [-0.15, -0.1) is 12.3 Å². The number of hydrogen-bond donors (Lipinski definition) is 2. The molecule has 0 aromatic rings. The zero-order valence-corrected chi connectivity index (χ0v) is 8.78. The quantitative estimate of drug-likeness (QED) is 0.681. The second kappa shape index (κ2) is 3.53. The first-order valence-electron chi connectivity index (χ1n) is 5.49. The number of fused-ring (bicyclic) bond motifs is 1. The normalized spacial score (nSPS) is 42.8. The van der Waals surface area contributed by atoms with E-state index >= 15 is 0 Å². The molecule has 0 bridgehead atoms. The summed E-state index contributed by atoms with van der Waals surface area (Å²) in [6.45, 7) is 0.484. The van der Waals surface area contributed by atoms with Crippen LogP contribution in [0.4, 0.5) is 0 Å². The molecule has 4 atom stereocenters. The monoisotopic (exact) mass is 207 g/mol. The van der Waals surface area contributed by atoms with E-state index in [-0.39, 0.29) is 11.8 Å². The molecule has 3 nitrogen and oxygen atoms in total. The topological polar surface area (TPSA) is 63.3 Å². The van der Waals surface area contributed by atoms with Crippen molar-refractivity contribution in [1.82, 2.24) is 0 Å². The Balaban J connectivity index is 2.07. The van der Waals surface area contributed by atoms with E-state index in [9.17, 15) is 4.79 Å². The van der Waals surface area contributed by atoms with Gasteiger partial charge < -0.3 is 10.8 Å². The van der Waals surface area contributed by atoms with E-state index in [1.54, 1.807) is 0 Å². The number of hydrogen-bond acceptors (Lipinski definition) is 2. The van der Waals surface area contributed by atoms with Gasteiger partial charge in [0.1, 0.15) is 0 Å².